The van der Waals surface area contributed by atoms with Crippen molar-refractivity contribution in [1.29, 1.82) is 0 Å². The molecule has 1 amide bonds. The van der Waals surface area contributed by atoms with E-state index in [1.165, 1.54) is 11.9 Å². The zero-order chi connectivity index (χ0) is 25.8. The van der Waals surface area contributed by atoms with Crippen molar-refractivity contribution in [1.82, 2.24) is 14.7 Å². The van der Waals surface area contributed by atoms with Crippen LogP contribution in [0.2, 0.25) is 0 Å². The highest BCUT2D eigenvalue weighted by Gasteiger charge is 2.37. The standard InChI is InChI=1S/C24H26F7N3O/c1-32(8-7-17-13-19(23(26,27)28)15-20(14-17)24(29,30)31)22(35)21(18-5-3-2-4-6-18)34-11-9-33(16-25)10-12-34/h2-6,13-15,21H,7-12,16H2,1H3. The molecule has 2 aromatic rings. The number of carbonyl (C=O) groups is 1. The van der Waals surface area contributed by atoms with Crippen LogP contribution in [0, 0.1) is 0 Å². The lowest BCUT2D eigenvalue weighted by Crippen LogP contribution is -2.51. The predicted octanol–water partition coefficient (Wildman–Crippen LogP) is 5.01. The summed E-state index contributed by atoms with van der Waals surface area (Å²) in [5.41, 5.74) is -2.23. The molecular weight excluding hydrogens is 479 g/mol. The van der Waals surface area contributed by atoms with Crippen molar-refractivity contribution in [3.8, 4) is 0 Å². The van der Waals surface area contributed by atoms with Crippen molar-refractivity contribution in [3.05, 3.63) is 70.8 Å². The number of likely N-dealkylation sites (N-methyl/N-ethyl adjacent to an activating group) is 1. The molecule has 2 aromatic carbocycles. The van der Waals surface area contributed by atoms with Gasteiger partial charge in [0.2, 0.25) is 5.91 Å². The molecule has 0 spiro atoms. The van der Waals surface area contributed by atoms with Crippen molar-refractivity contribution in [2.75, 3.05) is 46.6 Å². The monoisotopic (exact) mass is 505 g/mol. The maximum atomic E-state index is 13.4. The first-order chi connectivity index (χ1) is 16.4. The molecular formula is C24H26F7N3O. The highest BCUT2D eigenvalue weighted by molar-refractivity contribution is 5.83. The molecule has 0 aliphatic carbocycles. The smallest absolute Gasteiger partial charge is 0.344 e. The molecule has 0 aromatic heterocycles. The first kappa shape index (κ1) is 26.9. The maximum Gasteiger partial charge on any atom is 0.416 e. The van der Waals surface area contributed by atoms with Gasteiger partial charge in [-0.25, -0.2) is 4.39 Å². The molecule has 1 saturated heterocycles. The lowest BCUT2D eigenvalue weighted by molar-refractivity contribution is -0.143. The second kappa shape index (κ2) is 10.9. The Kier molecular flexibility index (Phi) is 8.42. The van der Waals surface area contributed by atoms with Crippen molar-refractivity contribution >= 4 is 5.91 Å². The summed E-state index contributed by atoms with van der Waals surface area (Å²) >= 11 is 0. The van der Waals surface area contributed by atoms with E-state index < -0.39 is 36.3 Å². The molecule has 4 nitrogen and oxygen atoms in total. The Balaban J connectivity index is 1.79. The first-order valence-electron chi connectivity index (χ1n) is 11.0. The third kappa shape index (κ3) is 6.94. The van der Waals surface area contributed by atoms with E-state index >= 15 is 0 Å². The largest absolute Gasteiger partial charge is 0.416 e. The van der Waals surface area contributed by atoms with Crippen LogP contribution >= 0.6 is 0 Å². The Hall–Kier alpha value is -2.66. The summed E-state index contributed by atoms with van der Waals surface area (Å²) < 4.78 is 91.9. The second-order valence-corrected chi connectivity index (χ2v) is 8.51. The minimum atomic E-state index is -4.93. The Bertz CT molecular complexity index is 955. The molecule has 0 saturated carbocycles. The average Bonchev–Trinajstić information content (AvgIpc) is 2.82. The van der Waals surface area contributed by atoms with Gasteiger partial charge in [-0.15, -0.1) is 0 Å². The Morgan fingerprint density at radius 1 is 0.914 bits per heavy atom. The topological polar surface area (TPSA) is 26.8 Å². The minimum Gasteiger partial charge on any atom is -0.344 e. The molecule has 192 valence electrons. The number of carbonyl (C=O) groups excluding carboxylic acids is 1. The van der Waals surface area contributed by atoms with Gasteiger partial charge in [-0.1, -0.05) is 30.3 Å². The lowest BCUT2D eigenvalue weighted by atomic mass is 10.0. The first-order valence-corrected chi connectivity index (χ1v) is 11.0. The summed E-state index contributed by atoms with van der Waals surface area (Å²) in [6.45, 7) is 1.07. The molecule has 1 aliphatic rings. The van der Waals surface area contributed by atoms with E-state index in [0.717, 1.165) is 0 Å². The van der Waals surface area contributed by atoms with Crippen LogP contribution in [0.3, 0.4) is 0 Å². The number of halogens is 7. The number of hydrogen-bond acceptors (Lipinski definition) is 3. The Labute approximate surface area is 198 Å². The van der Waals surface area contributed by atoms with E-state index in [1.54, 1.807) is 35.2 Å². The summed E-state index contributed by atoms with van der Waals surface area (Å²) in [5.74, 6) is -0.340. The highest BCUT2D eigenvalue weighted by Crippen LogP contribution is 2.36. The molecule has 1 atom stereocenters. The quantitative estimate of drug-likeness (QED) is 0.391. The minimum absolute atomic E-state index is 0.0782. The van der Waals surface area contributed by atoms with Gasteiger partial charge in [0, 0.05) is 39.8 Å². The van der Waals surface area contributed by atoms with Crippen LogP contribution in [-0.2, 0) is 23.6 Å². The lowest BCUT2D eigenvalue weighted by Gasteiger charge is -2.39. The maximum absolute atomic E-state index is 13.4. The van der Waals surface area contributed by atoms with Gasteiger partial charge < -0.3 is 4.90 Å². The van der Waals surface area contributed by atoms with Gasteiger partial charge in [0.15, 0.2) is 0 Å². The fourth-order valence-corrected chi connectivity index (χ4v) is 4.07. The van der Waals surface area contributed by atoms with Crippen molar-refractivity contribution in [2.45, 2.75) is 24.8 Å². The fraction of sp³-hybridized carbons (Fsp3) is 0.458. The van der Waals surface area contributed by atoms with Gasteiger partial charge in [0.1, 0.15) is 12.8 Å². The number of piperazine rings is 1. The van der Waals surface area contributed by atoms with Crippen LogP contribution in [0.15, 0.2) is 48.5 Å². The summed E-state index contributed by atoms with van der Waals surface area (Å²) in [6, 6.07) is 9.64. The Morgan fingerprint density at radius 3 is 1.94 bits per heavy atom. The summed E-state index contributed by atoms with van der Waals surface area (Å²) in [7, 11) is 1.47. The molecule has 11 heteroatoms. The zero-order valence-electron chi connectivity index (χ0n) is 19.0. The van der Waals surface area contributed by atoms with Crippen molar-refractivity contribution < 1.29 is 35.5 Å². The van der Waals surface area contributed by atoms with E-state index in [1.807, 2.05) is 4.90 Å². The number of benzene rings is 2. The summed E-state index contributed by atoms with van der Waals surface area (Å²) in [4.78, 5) is 18.2. The SMILES string of the molecule is CN(CCc1cc(C(F)(F)F)cc(C(F)(F)F)c1)C(=O)C(c1ccccc1)N1CCN(CF)CC1. The van der Waals surface area contributed by atoms with E-state index in [9.17, 15) is 35.5 Å². The van der Waals surface area contributed by atoms with Crippen LogP contribution in [0.1, 0.15) is 28.3 Å². The van der Waals surface area contributed by atoms with E-state index in [0.29, 0.717) is 43.9 Å². The second-order valence-electron chi connectivity index (χ2n) is 8.51. The third-order valence-corrected chi connectivity index (χ3v) is 6.05. The number of alkyl halides is 7. The molecule has 1 heterocycles. The van der Waals surface area contributed by atoms with Gasteiger partial charge in [-0.2, -0.15) is 26.3 Å². The predicted molar refractivity (Wildman–Crippen MR) is 116 cm³/mol. The van der Waals surface area contributed by atoms with E-state index in [-0.39, 0.29) is 30.5 Å². The van der Waals surface area contributed by atoms with Gasteiger partial charge in [0.05, 0.1) is 11.1 Å². The molecule has 0 N–H and O–H groups in total. The van der Waals surface area contributed by atoms with Gasteiger partial charge in [-0.3, -0.25) is 14.6 Å². The van der Waals surface area contributed by atoms with Crippen LogP contribution in [0.5, 0.6) is 0 Å². The molecule has 0 bridgehead atoms. The highest BCUT2D eigenvalue weighted by atomic mass is 19.4. The zero-order valence-corrected chi connectivity index (χ0v) is 19.0. The van der Waals surface area contributed by atoms with E-state index in [2.05, 4.69) is 0 Å². The van der Waals surface area contributed by atoms with E-state index in [4.69, 9.17) is 0 Å². The van der Waals surface area contributed by atoms with Gasteiger partial charge >= 0.3 is 12.4 Å². The summed E-state index contributed by atoms with van der Waals surface area (Å²) in [5, 5.41) is 0. The van der Waals surface area contributed by atoms with Gasteiger partial charge in [-0.05, 0) is 35.7 Å². The molecule has 1 unspecified atom stereocenters. The molecule has 1 aliphatic heterocycles. The molecule has 3 rings (SSSR count). The van der Waals surface area contributed by atoms with Gasteiger partial charge in [0.25, 0.3) is 0 Å². The number of hydrogen-bond donors (Lipinski definition) is 0. The van der Waals surface area contributed by atoms with Crippen LogP contribution in [0.25, 0.3) is 0 Å². The molecule has 1 fully saturated rings. The van der Waals surface area contributed by atoms with Crippen LogP contribution in [0.4, 0.5) is 30.7 Å². The number of amides is 1. The Morgan fingerprint density at radius 2 is 1.46 bits per heavy atom. The molecule has 35 heavy (non-hydrogen) atoms. The van der Waals surface area contributed by atoms with Crippen LogP contribution in [-0.4, -0.2) is 67.2 Å². The van der Waals surface area contributed by atoms with Crippen LogP contribution < -0.4 is 0 Å². The number of nitrogens with zero attached hydrogens (tertiary/aromatic N) is 3. The third-order valence-electron chi connectivity index (χ3n) is 6.05. The normalized spacial score (nSPS) is 16.8. The van der Waals surface area contributed by atoms with Crippen molar-refractivity contribution in [2.24, 2.45) is 0 Å². The summed E-state index contributed by atoms with van der Waals surface area (Å²) in [6.07, 6.45) is -10.1. The number of rotatable bonds is 7. The fourth-order valence-electron chi connectivity index (χ4n) is 4.07. The average molecular weight is 505 g/mol. The van der Waals surface area contributed by atoms with Crippen molar-refractivity contribution in [3.63, 3.8) is 0 Å². The molecule has 0 radical (unpaired) electrons.